The summed E-state index contributed by atoms with van der Waals surface area (Å²) in [6.45, 7) is 6.67. The van der Waals surface area contributed by atoms with Crippen molar-refractivity contribution in [2.24, 2.45) is 40.4 Å². The van der Waals surface area contributed by atoms with Crippen LogP contribution in [-0.4, -0.2) is 24.5 Å². The van der Waals surface area contributed by atoms with Crippen LogP contribution in [0.1, 0.15) is 78.1 Å². The Morgan fingerprint density at radius 2 is 1.65 bits per heavy atom. The predicted molar refractivity (Wildman–Crippen MR) is 96.3 cm³/mol. The molecule has 0 aromatic heterocycles. The molecule has 1 unspecified atom stereocenters. The molecule has 1 heteroatoms. The fraction of sp³-hybridized carbons (Fsp3) is 1.00. The molecule has 5 rings (SSSR count). The van der Waals surface area contributed by atoms with Gasteiger partial charge in [0.15, 0.2) is 0 Å². The Hall–Kier alpha value is -0.0400. The second-order valence-corrected chi connectivity index (χ2v) is 10.5. The molecule has 4 saturated carbocycles. The molecule has 4 aliphatic carbocycles. The molecule has 1 spiro atoms. The third-order valence-corrected chi connectivity index (χ3v) is 10.2. The molecule has 130 valence electrons. The van der Waals surface area contributed by atoms with E-state index in [1.165, 1.54) is 19.4 Å². The summed E-state index contributed by atoms with van der Waals surface area (Å²) in [5.41, 5.74) is 1.45. The maximum Gasteiger partial charge on any atom is 0.00982 e. The Labute approximate surface area is 143 Å². The Kier molecular flexibility index (Phi) is 3.31. The number of hydrogen-bond donors (Lipinski definition) is 0. The lowest BCUT2D eigenvalue weighted by molar-refractivity contribution is -0.109. The maximum atomic E-state index is 2.72. The molecule has 5 aliphatic rings. The van der Waals surface area contributed by atoms with E-state index in [4.69, 9.17) is 0 Å². The SMILES string of the molecule is C[C@H]1[C@H]2CC[C@H]3[C@@H]4CCC5CCCC[C@]5(C)[C@H]4CC[C@]23CN1C. The highest BCUT2D eigenvalue weighted by atomic mass is 15.2. The molecule has 1 nitrogen and oxygen atoms in total. The Bertz CT molecular complexity index is 486. The van der Waals surface area contributed by atoms with Gasteiger partial charge in [0.1, 0.15) is 0 Å². The lowest BCUT2D eigenvalue weighted by Gasteiger charge is -2.60. The normalized spacial score (nSPS) is 59.1. The highest BCUT2D eigenvalue weighted by molar-refractivity contribution is 5.14. The fourth-order valence-electron chi connectivity index (χ4n) is 9.10. The second-order valence-electron chi connectivity index (χ2n) is 10.5. The Balaban J connectivity index is 1.47. The zero-order valence-corrected chi connectivity index (χ0v) is 15.7. The van der Waals surface area contributed by atoms with Gasteiger partial charge in [0.05, 0.1) is 0 Å². The summed E-state index contributed by atoms with van der Waals surface area (Å²) in [6.07, 6.45) is 15.6. The summed E-state index contributed by atoms with van der Waals surface area (Å²) in [5.74, 6) is 5.35. The monoisotopic (exact) mass is 315 g/mol. The van der Waals surface area contributed by atoms with Gasteiger partial charge in [-0.3, -0.25) is 0 Å². The van der Waals surface area contributed by atoms with E-state index in [0.29, 0.717) is 0 Å². The minimum absolute atomic E-state index is 0.719. The molecule has 23 heavy (non-hydrogen) atoms. The van der Waals surface area contributed by atoms with Crippen LogP contribution in [0, 0.1) is 40.4 Å². The van der Waals surface area contributed by atoms with Crippen molar-refractivity contribution in [2.45, 2.75) is 84.1 Å². The summed E-state index contributed by atoms with van der Waals surface area (Å²) in [4.78, 5) is 2.71. The van der Waals surface area contributed by atoms with Crippen molar-refractivity contribution in [3.8, 4) is 0 Å². The van der Waals surface area contributed by atoms with E-state index in [1.54, 1.807) is 51.4 Å². The van der Waals surface area contributed by atoms with Crippen LogP contribution in [0.4, 0.5) is 0 Å². The van der Waals surface area contributed by atoms with Gasteiger partial charge >= 0.3 is 0 Å². The van der Waals surface area contributed by atoms with Gasteiger partial charge in [-0.25, -0.2) is 0 Å². The first-order chi connectivity index (χ1) is 11.1. The Morgan fingerprint density at radius 3 is 2.52 bits per heavy atom. The largest absolute Gasteiger partial charge is 0.303 e. The van der Waals surface area contributed by atoms with Crippen LogP contribution in [0.25, 0.3) is 0 Å². The zero-order valence-electron chi connectivity index (χ0n) is 15.7. The van der Waals surface area contributed by atoms with Crippen LogP contribution in [0.3, 0.4) is 0 Å². The van der Waals surface area contributed by atoms with Gasteiger partial charge in [-0.1, -0.05) is 19.8 Å². The van der Waals surface area contributed by atoms with E-state index in [1.807, 2.05) is 0 Å². The molecular weight excluding hydrogens is 278 g/mol. The predicted octanol–water partition coefficient (Wildman–Crippen LogP) is 5.35. The average molecular weight is 316 g/mol. The number of likely N-dealkylation sites (tertiary alicyclic amines) is 1. The molecule has 1 heterocycles. The van der Waals surface area contributed by atoms with E-state index in [-0.39, 0.29) is 0 Å². The van der Waals surface area contributed by atoms with Gasteiger partial charge in [0, 0.05) is 12.6 Å². The van der Waals surface area contributed by atoms with Crippen LogP contribution in [0.2, 0.25) is 0 Å². The van der Waals surface area contributed by atoms with Crippen molar-refractivity contribution in [3.05, 3.63) is 0 Å². The molecule has 0 aromatic rings. The smallest absolute Gasteiger partial charge is 0.00982 e. The molecule has 0 aromatic carbocycles. The zero-order chi connectivity index (χ0) is 15.8. The molecule has 0 radical (unpaired) electrons. The summed E-state index contributed by atoms with van der Waals surface area (Å²) >= 11 is 0. The molecule has 0 bridgehead atoms. The highest BCUT2D eigenvalue weighted by Gasteiger charge is 2.64. The topological polar surface area (TPSA) is 3.24 Å². The minimum atomic E-state index is 0.719. The van der Waals surface area contributed by atoms with E-state index >= 15 is 0 Å². The third-order valence-electron chi connectivity index (χ3n) is 10.2. The number of fused-ring (bicyclic) bond motifs is 4. The summed E-state index contributed by atoms with van der Waals surface area (Å²) < 4.78 is 0. The van der Waals surface area contributed by atoms with E-state index in [0.717, 1.165) is 46.5 Å². The van der Waals surface area contributed by atoms with Crippen LogP contribution in [0.15, 0.2) is 0 Å². The van der Waals surface area contributed by atoms with Crippen LogP contribution < -0.4 is 0 Å². The molecule has 1 aliphatic heterocycles. The maximum absolute atomic E-state index is 2.72. The van der Waals surface area contributed by atoms with Gasteiger partial charge in [-0.15, -0.1) is 0 Å². The lowest BCUT2D eigenvalue weighted by atomic mass is 9.45. The van der Waals surface area contributed by atoms with Crippen molar-refractivity contribution < 1.29 is 0 Å². The second kappa shape index (κ2) is 4.99. The van der Waals surface area contributed by atoms with Gasteiger partial charge in [-0.05, 0) is 106 Å². The van der Waals surface area contributed by atoms with Gasteiger partial charge in [-0.2, -0.15) is 0 Å². The third kappa shape index (κ3) is 1.84. The van der Waals surface area contributed by atoms with Crippen LogP contribution >= 0.6 is 0 Å². The molecule has 0 N–H and O–H groups in total. The van der Waals surface area contributed by atoms with Crippen LogP contribution in [0.5, 0.6) is 0 Å². The number of rotatable bonds is 0. The molecule has 1 saturated heterocycles. The van der Waals surface area contributed by atoms with Gasteiger partial charge in [0.2, 0.25) is 0 Å². The van der Waals surface area contributed by atoms with Crippen molar-refractivity contribution in [1.82, 2.24) is 4.90 Å². The molecule has 5 fully saturated rings. The highest BCUT2D eigenvalue weighted by Crippen LogP contribution is 2.69. The van der Waals surface area contributed by atoms with Crippen molar-refractivity contribution >= 4 is 0 Å². The fourth-order valence-corrected chi connectivity index (χ4v) is 9.10. The van der Waals surface area contributed by atoms with E-state index in [9.17, 15) is 0 Å². The number of hydrogen-bond acceptors (Lipinski definition) is 1. The van der Waals surface area contributed by atoms with Crippen molar-refractivity contribution in [1.29, 1.82) is 0 Å². The first-order valence-electron chi connectivity index (χ1n) is 10.8. The first kappa shape index (κ1) is 15.2. The van der Waals surface area contributed by atoms with Crippen molar-refractivity contribution in [3.63, 3.8) is 0 Å². The summed E-state index contributed by atoms with van der Waals surface area (Å²) in [5, 5.41) is 0. The van der Waals surface area contributed by atoms with Gasteiger partial charge in [0.25, 0.3) is 0 Å². The molecular formula is C22H37N. The number of nitrogens with zero attached hydrogens (tertiary/aromatic N) is 1. The van der Waals surface area contributed by atoms with Gasteiger partial charge < -0.3 is 4.90 Å². The minimum Gasteiger partial charge on any atom is -0.303 e. The average Bonchev–Trinajstić information content (AvgIpc) is 3.02. The standard InChI is InChI=1S/C22H37N/c1-15-18-9-10-20-17-8-7-16-6-4-5-12-21(16,2)19(17)11-13-22(18,20)14-23(15)3/h15-20H,4-14H2,1-3H3/t15-,16?,17+,18+,19-,20-,21-,22-/m0/s1. The Morgan fingerprint density at radius 1 is 0.826 bits per heavy atom. The molecule has 0 amide bonds. The van der Waals surface area contributed by atoms with E-state index in [2.05, 4.69) is 25.8 Å². The van der Waals surface area contributed by atoms with Crippen LogP contribution in [-0.2, 0) is 0 Å². The summed E-state index contributed by atoms with van der Waals surface area (Å²) in [6, 6.07) is 0.846. The quantitative estimate of drug-likeness (QED) is 0.582. The molecule has 8 atom stereocenters. The first-order valence-corrected chi connectivity index (χ1v) is 10.8. The van der Waals surface area contributed by atoms with Crippen molar-refractivity contribution in [2.75, 3.05) is 13.6 Å². The summed E-state index contributed by atoms with van der Waals surface area (Å²) in [7, 11) is 2.40. The van der Waals surface area contributed by atoms with E-state index < -0.39 is 0 Å². The lowest BCUT2D eigenvalue weighted by Crippen LogP contribution is -2.53.